The summed E-state index contributed by atoms with van der Waals surface area (Å²) in [7, 11) is 0. The number of amides is 1. The van der Waals surface area contributed by atoms with Crippen LogP contribution in [0.2, 0.25) is 0 Å². The number of carbonyl (C=O) groups is 1. The molecule has 7 nitrogen and oxygen atoms in total. The van der Waals surface area contributed by atoms with Crippen LogP contribution in [0.5, 0.6) is 0 Å². The highest BCUT2D eigenvalue weighted by Crippen LogP contribution is 2.29. The zero-order chi connectivity index (χ0) is 18.1. The number of hydrogen-bond acceptors (Lipinski definition) is 6. The van der Waals surface area contributed by atoms with Crippen LogP contribution >= 0.6 is 0 Å². The van der Waals surface area contributed by atoms with Gasteiger partial charge in [-0.1, -0.05) is 19.0 Å². The van der Waals surface area contributed by atoms with E-state index in [9.17, 15) is 4.79 Å². The fourth-order valence-corrected chi connectivity index (χ4v) is 3.10. The Kier molecular flexibility index (Phi) is 4.61. The van der Waals surface area contributed by atoms with Crippen LogP contribution in [0.4, 0.5) is 5.95 Å². The standard InChI is InChI=1S/C19H25N5O2/c1-12(2)14-9-15(22-19(21-14)20-11-13-5-6-13)16-10-17(26-23-16)18(25)24-7-3-4-8-24/h9-10,12-13H,3-8,11H2,1-2H3,(H,20,21,22). The van der Waals surface area contributed by atoms with Gasteiger partial charge in [0.15, 0.2) is 0 Å². The fourth-order valence-electron chi connectivity index (χ4n) is 3.10. The number of likely N-dealkylation sites (tertiary alicyclic amines) is 1. The average Bonchev–Trinajstić information content (AvgIpc) is 3.12. The molecule has 4 rings (SSSR count). The minimum atomic E-state index is -0.0912. The van der Waals surface area contributed by atoms with Crippen LogP contribution < -0.4 is 5.32 Å². The number of hydrogen-bond donors (Lipinski definition) is 1. The number of aromatic nitrogens is 3. The van der Waals surface area contributed by atoms with Crippen LogP contribution in [0.3, 0.4) is 0 Å². The number of anilines is 1. The maximum absolute atomic E-state index is 12.5. The van der Waals surface area contributed by atoms with E-state index in [1.807, 2.05) is 11.0 Å². The first-order valence-electron chi connectivity index (χ1n) is 9.49. The smallest absolute Gasteiger partial charge is 0.292 e. The Morgan fingerprint density at radius 2 is 2.00 bits per heavy atom. The maximum atomic E-state index is 12.5. The Hall–Kier alpha value is -2.44. The van der Waals surface area contributed by atoms with Crippen molar-refractivity contribution >= 4 is 11.9 Å². The predicted octanol–water partition coefficient (Wildman–Crippen LogP) is 3.31. The van der Waals surface area contributed by atoms with Crippen LogP contribution in [-0.4, -0.2) is 45.6 Å². The molecule has 0 spiro atoms. The summed E-state index contributed by atoms with van der Waals surface area (Å²) in [5.74, 6) is 1.82. The molecule has 2 aromatic heterocycles. The highest BCUT2D eigenvalue weighted by atomic mass is 16.5. The summed E-state index contributed by atoms with van der Waals surface area (Å²) in [5, 5.41) is 7.42. The molecule has 2 aromatic rings. The van der Waals surface area contributed by atoms with E-state index >= 15 is 0 Å². The molecule has 0 atom stereocenters. The lowest BCUT2D eigenvalue weighted by Gasteiger charge is -2.11. The van der Waals surface area contributed by atoms with Crippen molar-refractivity contribution in [2.24, 2.45) is 5.92 Å². The van der Waals surface area contributed by atoms with Crippen molar-refractivity contribution in [3.8, 4) is 11.4 Å². The van der Waals surface area contributed by atoms with E-state index in [0.717, 1.165) is 44.1 Å². The predicted molar refractivity (Wildman–Crippen MR) is 98.0 cm³/mol. The van der Waals surface area contributed by atoms with Crippen LogP contribution in [0, 0.1) is 5.92 Å². The Morgan fingerprint density at radius 1 is 1.23 bits per heavy atom. The lowest BCUT2D eigenvalue weighted by Crippen LogP contribution is -2.27. The van der Waals surface area contributed by atoms with E-state index in [4.69, 9.17) is 4.52 Å². The molecule has 0 bridgehead atoms. The molecule has 1 aliphatic heterocycles. The van der Waals surface area contributed by atoms with Gasteiger partial charge in [-0.25, -0.2) is 9.97 Å². The fraction of sp³-hybridized carbons (Fsp3) is 0.579. The summed E-state index contributed by atoms with van der Waals surface area (Å²) >= 11 is 0. The van der Waals surface area contributed by atoms with Crippen molar-refractivity contribution in [2.45, 2.75) is 45.4 Å². The second-order valence-electron chi connectivity index (χ2n) is 7.56. The second-order valence-corrected chi connectivity index (χ2v) is 7.56. The van der Waals surface area contributed by atoms with Gasteiger partial charge in [-0.15, -0.1) is 0 Å². The third-order valence-corrected chi connectivity index (χ3v) is 4.96. The quantitative estimate of drug-likeness (QED) is 0.856. The molecule has 2 aliphatic rings. The van der Waals surface area contributed by atoms with E-state index in [0.29, 0.717) is 17.3 Å². The van der Waals surface area contributed by atoms with Crippen molar-refractivity contribution in [1.29, 1.82) is 0 Å². The molecule has 1 N–H and O–H groups in total. The van der Waals surface area contributed by atoms with Gasteiger partial charge in [0.2, 0.25) is 11.7 Å². The second kappa shape index (κ2) is 7.05. The normalized spacial score (nSPS) is 17.1. The third-order valence-electron chi connectivity index (χ3n) is 4.96. The van der Waals surface area contributed by atoms with E-state index < -0.39 is 0 Å². The van der Waals surface area contributed by atoms with Gasteiger partial charge in [0.05, 0.1) is 5.69 Å². The Morgan fingerprint density at radius 3 is 2.69 bits per heavy atom. The van der Waals surface area contributed by atoms with Crippen molar-refractivity contribution < 1.29 is 9.32 Å². The van der Waals surface area contributed by atoms with Crippen LogP contribution in [0.1, 0.15) is 61.7 Å². The third kappa shape index (κ3) is 3.71. The van der Waals surface area contributed by atoms with E-state index in [1.54, 1.807) is 6.07 Å². The summed E-state index contributed by atoms with van der Waals surface area (Å²) in [5.41, 5.74) is 2.21. The van der Waals surface area contributed by atoms with Gasteiger partial charge in [0, 0.05) is 31.4 Å². The molecule has 1 saturated carbocycles. The van der Waals surface area contributed by atoms with Crippen molar-refractivity contribution in [3.05, 3.63) is 23.6 Å². The van der Waals surface area contributed by atoms with Crippen molar-refractivity contribution in [2.75, 3.05) is 25.0 Å². The lowest BCUT2D eigenvalue weighted by molar-refractivity contribution is 0.0751. The van der Waals surface area contributed by atoms with Crippen molar-refractivity contribution in [1.82, 2.24) is 20.0 Å². The van der Waals surface area contributed by atoms with Gasteiger partial charge in [0.1, 0.15) is 5.69 Å². The zero-order valence-electron chi connectivity index (χ0n) is 15.4. The summed E-state index contributed by atoms with van der Waals surface area (Å²) in [6.07, 6.45) is 4.64. The van der Waals surface area contributed by atoms with Gasteiger partial charge in [0.25, 0.3) is 5.91 Å². The van der Waals surface area contributed by atoms with Gasteiger partial charge in [-0.2, -0.15) is 0 Å². The van der Waals surface area contributed by atoms with E-state index in [-0.39, 0.29) is 17.6 Å². The highest BCUT2D eigenvalue weighted by molar-refractivity contribution is 5.92. The molecule has 0 unspecified atom stereocenters. The van der Waals surface area contributed by atoms with Crippen LogP contribution in [0.25, 0.3) is 11.4 Å². The number of rotatable bonds is 6. The summed E-state index contributed by atoms with van der Waals surface area (Å²) in [4.78, 5) is 23.5. The Bertz CT molecular complexity index is 791. The minimum absolute atomic E-state index is 0.0912. The molecule has 0 aromatic carbocycles. The SMILES string of the molecule is CC(C)c1cc(-c2cc(C(=O)N3CCCC3)on2)nc(NCC2CC2)n1. The summed E-state index contributed by atoms with van der Waals surface area (Å²) in [6, 6.07) is 3.62. The molecule has 1 saturated heterocycles. The summed E-state index contributed by atoms with van der Waals surface area (Å²) < 4.78 is 5.32. The monoisotopic (exact) mass is 355 g/mol. The number of nitrogens with one attached hydrogen (secondary N) is 1. The number of carbonyl (C=O) groups excluding carboxylic acids is 1. The molecule has 0 radical (unpaired) electrons. The highest BCUT2D eigenvalue weighted by Gasteiger charge is 2.24. The molecule has 3 heterocycles. The Balaban J connectivity index is 1.58. The van der Waals surface area contributed by atoms with Crippen molar-refractivity contribution in [3.63, 3.8) is 0 Å². The van der Waals surface area contributed by atoms with Gasteiger partial charge >= 0.3 is 0 Å². The molecular weight excluding hydrogens is 330 g/mol. The first-order chi connectivity index (χ1) is 12.6. The maximum Gasteiger partial charge on any atom is 0.292 e. The largest absolute Gasteiger partial charge is 0.354 e. The first kappa shape index (κ1) is 17.0. The van der Waals surface area contributed by atoms with Gasteiger partial charge in [-0.05, 0) is 43.6 Å². The zero-order valence-corrected chi connectivity index (χ0v) is 15.4. The first-order valence-corrected chi connectivity index (χ1v) is 9.49. The molecule has 138 valence electrons. The average molecular weight is 355 g/mol. The number of nitrogens with zero attached hydrogens (tertiary/aromatic N) is 4. The Labute approximate surface area is 153 Å². The molecule has 1 amide bonds. The molecule has 26 heavy (non-hydrogen) atoms. The minimum Gasteiger partial charge on any atom is -0.354 e. The van der Waals surface area contributed by atoms with Crippen LogP contribution in [-0.2, 0) is 0 Å². The molecule has 7 heteroatoms. The van der Waals surface area contributed by atoms with Gasteiger partial charge < -0.3 is 14.7 Å². The van der Waals surface area contributed by atoms with Crippen LogP contribution in [0.15, 0.2) is 16.7 Å². The topological polar surface area (TPSA) is 84.2 Å². The molecule has 2 fully saturated rings. The van der Waals surface area contributed by atoms with Gasteiger partial charge in [-0.3, -0.25) is 4.79 Å². The van der Waals surface area contributed by atoms with E-state index in [1.165, 1.54) is 12.8 Å². The summed E-state index contributed by atoms with van der Waals surface area (Å²) in [6.45, 7) is 6.67. The molecular formula is C19H25N5O2. The molecule has 1 aliphatic carbocycles. The van der Waals surface area contributed by atoms with E-state index in [2.05, 4.69) is 34.3 Å². The lowest BCUT2D eigenvalue weighted by atomic mass is 10.1.